The molecule has 0 amide bonds. The molecule has 0 spiro atoms. The maximum atomic E-state index is 5.96. The van der Waals surface area contributed by atoms with Gasteiger partial charge in [-0.15, -0.1) is 0 Å². The molecule has 114 valence electrons. The minimum atomic E-state index is 0.469. The van der Waals surface area contributed by atoms with Crippen molar-refractivity contribution in [2.24, 2.45) is 16.6 Å². The van der Waals surface area contributed by atoms with Gasteiger partial charge in [-0.2, -0.15) is 0 Å². The van der Waals surface area contributed by atoms with E-state index in [-0.39, 0.29) is 0 Å². The first-order valence-electron chi connectivity index (χ1n) is 7.78. The molecule has 1 aliphatic carbocycles. The summed E-state index contributed by atoms with van der Waals surface area (Å²) in [5.41, 5.74) is 6.84. The summed E-state index contributed by atoms with van der Waals surface area (Å²) in [6.45, 7) is 2.20. The first-order chi connectivity index (χ1) is 10.3. The molecule has 2 aliphatic rings. The number of fused-ring (bicyclic) bond motifs is 1. The number of hydrogen-bond donors (Lipinski definition) is 2. The summed E-state index contributed by atoms with van der Waals surface area (Å²) >= 11 is 0. The minimum Gasteiger partial charge on any atom is -0.490 e. The number of nitrogens with two attached hydrogens (primary N) is 1. The van der Waals surface area contributed by atoms with Gasteiger partial charge in [0.05, 0.1) is 13.2 Å². The van der Waals surface area contributed by atoms with Gasteiger partial charge in [0, 0.05) is 24.7 Å². The van der Waals surface area contributed by atoms with Gasteiger partial charge in [-0.25, -0.2) is 0 Å². The number of guanidine groups is 1. The summed E-state index contributed by atoms with van der Waals surface area (Å²) in [6, 6.07) is 5.76. The molecule has 1 aromatic rings. The lowest BCUT2D eigenvalue weighted by molar-refractivity contribution is 0.297. The Balaban J connectivity index is 1.61. The Bertz CT molecular complexity index is 510. The van der Waals surface area contributed by atoms with E-state index in [0.717, 1.165) is 30.2 Å². The van der Waals surface area contributed by atoms with Crippen LogP contribution in [0.25, 0.3) is 0 Å². The summed E-state index contributed by atoms with van der Waals surface area (Å²) in [6.07, 6.45) is 6.12. The predicted molar refractivity (Wildman–Crippen MR) is 84.1 cm³/mol. The average Bonchev–Trinajstić information content (AvgIpc) is 2.90. The first-order valence-corrected chi connectivity index (χ1v) is 7.78. The van der Waals surface area contributed by atoms with Crippen LogP contribution in [0.2, 0.25) is 0 Å². The maximum absolute atomic E-state index is 5.96. The summed E-state index contributed by atoms with van der Waals surface area (Å²) in [5, 5.41) is 3.13. The zero-order valence-corrected chi connectivity index (χ0v) is 12.3. The van der Waals surface area contributed by atoms with Crippen LogP contribution in [0.15, 0.2) is 23.2 Å². The molecule has 1 aliphatic heterocycles. The molecule has 5 nitrogen and oxygen atoms in total. The molecule has 0 saturated heterocycles. The van der Waals surface area contributed by atoms with Crippen LogP contribution in [0.1, 0.15) is 32.1 Å². The quantitative estimate of drug-likeness (QED) is 0.663. The molecule has 3 rings (SSSR count). The van der Waals surface area contributed by atoms with E-state index < -0.39 is 0 Å². The Hall–Kier alpha value is -1.91. The van der Waals surface area contributed by atoms with E-state index in [4.69, 9.17) is 15.2 Å². The number of hydrogen-bond acceptors (Lipinski definition) is 3. The zero-order chi connectivity index (χ0) is 14.5. The second-order valence-electron chi connectivity index (χ2n) is 5.71. The predicted octanol–water partition coefficient (Wildman–Crippen LogP) is 2.76. The summed E-state index contributed by atoms with van der Waals surface area (Å²) < 4.78 is 11.3. The van der Waals surface area contributed by atoms with Gasteiger partial charge >= 0.3 is 0 Å². The molecule has 0 unspecified atom stereocenters. The number of anilines is 1. The normalized spacial score (nSPS) is 19.3. The van der Waals surface area contributed by atoms with Crippen LogP contribution in [0.3, 0.4) is 0 Å². The standard InChI is InChI=1S/C16H23N3O2/c17-16(18-11-12-4-1-2-5-12)19-13-6-7-14-15(10-13)21-9-3-8-20-14/h6-7,10,12H,1-5,8-9,11H2,(H3,17,18,19). The largest absolute Gasteiger partial charge is 0.490 e. The fraction of sp³-hybridized carbons (Fsp3) is 0.562. The van der Waals surface area contributed by atoms with E-state index in [0.29, 0.717) is 25.1 Å². The highest BCUT2D eigenvalue weighted by Crippen LogP contribution is 2.32. The van der Waals surface area contributed by atoms with Crippen molar-refractivity contribution in [2.75, 3.05) is 25.1 Å². The van der Waals surface area contributed by atoms with Gasteiger partial charge in [0.15, 0.2) is 17.5 Å². The van der Waals surface area contributed by atoms with Crippen molar-refractivity contribution >= 4 is 11.6 Å². The van der Waals surface area contributed by atoms with Gasteiger partial charge in [0.25, 0.3) is 0 Å². The van der Waals surface area contributed by atoms with Crippen molar-refractivity contribution < 1.29 is 9.47 Å². The fourth-order valence-corrected chi connectivity index (χ4v) is 2.85. The number of nitrogens with zero attached hydrogens (tertiary/aromatic N) is 1. The van der Waals surface area contributed by atoms with Gasteiger partial charge in [0.1, 0.15) is 0 Å². The van der Waals surface area contributed by atoms with E-state index in [1.54, 1.807) is 0 Å². The van der Waals surface area contributed by atoms with Crippen molar-refractivity contribution in [3.8, 4) is 11.5 Å². The molecule has 21 heavy (non-hydrogen) atoms. The van der Waals surface area contributed by atoms with E-state index in [9.17, 15) is 0 Å². The molecule has 0 atom stereocenters. The van der Waals surface area contributed by atoms with Crippen LogP contribution in [-0.4, -0.2) is 25.7 Å². The van der Waals surface area contributed by atoms with E-state index in [1.165, 1.54) is 25.7 Å². The second kappa shape index (κ2) is 6.70. The lowest BCUT2D eigenvalue weighted by Gasteiger charge is -2.11. The summed E-state index contributed by atoms with van der Waals surface area (Å²) in [7, 11) is 0. The summed E-state index contributed by atoms with van der Waals surface area (Å²) in [4.78, 5) is 4.44. The highest BCUT2D eigenvalue weighted by Gasteiger charge is 2.14. The van der Waals surface area contributed by atoms with E-state index >= 15 is 0 Å². The monoisotopic (exact) mass is 289 g/mol. The Morgan fingerprint density at radius 3 is 2.71 bits per heavy atom. The molecule has 1 fully saturated rings. The van der Waals surface area contributed by atoms with Crippen LogP contribution in [0, 0.1) is 5.92 Å². The lowest BCUT2D eigenvalue weighted by atomic mass is 10.1. The van der Waals surface area contributed by atoms with Crippen molar-refractivity contribution in [2.45, 2.75) is 32.1 Å². The molecule has 0 aromatic heterocycles. The van der Waals surface area contributed by atoms with E-state index in [1.807, 2.05) is 18.2 Å². The van der Waals surface area contributed by atoms with Crippen LogP contribution < -0.4 is 20.5 Å². The number of rotatable bonds is 3. The third kappa shape index (κ3) is 3.80. The maximum Gasteiger partial charge on any atom is 0.193 e. The smallest absolute Gasteiger partial charge is 0.193 e. The molecule has 3 N–H and O–H groups in total. The summed E-state index contributed by atoms with van der Waals surface area (Å²) in [5.74, 6) is 2.73. The molecule has 0 bridgehead atoms. The highest BCUT2D eigenvalue weighted by molar-refractivity contribution is 5.92. The highest BCUT2D eigenvalue weighted by atomic mass is 16.5. The van der Waals surface area contributed by atoms with Gasteiger partial charge in [-0.3, -0.25) is 4.99 Å². The van der Waals surface area contributed by atoms with Crippen molar-refractivity contribution in [1.29, 1.82) is 0 Å². The molecule has 1 aromatic carbocycles. The number of ether oxygens (including phenoxy) is 2. The number of nitrogens with one attached hydrogen (secondary N) is 1. The lowest BCUT2D eigenvalue weighted by Crippen LogP contribution is -2.23. The molecule has 5 heteroatoms. The van der Waals surface area contributed by atoms with Crippen LogP contribution >= 0.6 is 0 Å². The van der Waals surface area contributed by atoms with Crippen molar-refractivity contribution in [3.05, 3.63) is 18.2 Å². The minimum absolute atomic E-state index is 0.469. The average molecular weight is 289 g/mol. The Morgan fingerprint density at radius 2 is 1.90 bits per heavy atom. The number of benzene rings is 1. The van der Waals surface area contributed by atoms with Crippen LogP contribution in [0.4, 0.5) is 5.69 Å². The van der Waals surface area contributed by atoms with Crippen LogP contribution in [-0.2, 0) is 0 Å². The topological polar surface area (TPSA) is 68.9 Å². The third-order valence-corrected chi connectivity index (χ3v) is 4.01. The molecule has 1 saturated carbocycles. The van der Waals surface area contributed by atoms with E-state index in [2.05, 4.69) is 10.3 Å². The molecule has 0 radical (unpaired) electrons. The Labute approximate surface area is 125 Å². The van der Waals surface area contributed by atoms with Gasteiger partial charge < -0.3 is 20.5 Å². The second-order valence-corrected chi connectivity index (χ2v) is 5.71. The van der Waals surface area contributed by atoms with Crippen molar-refractivity contribution in [3.63, 3.8) is 0 Å². The van der Waals surface area contributed by atoms with Gasteiger partial charge in [0.2, 0.25) is 0 Å². The van der Waals surface area contributed by atoms with Gasteiger partial charge in [-0.1, -0.05) is 12.8 Å². The first kappa shape index (κ1) is 14.0. The number of aliphatic imine (C=N–C) groups is 1. The van der Waals surface area contributed by atoms with Crippen molar-refractivity contribution in [1.82, 2.24) is 0 Å². The molecular weight excluding hydrogens is 266 g/mol. The zero-order valence-electron chi connectivity index (χ0n) is 12.3. The molecular formula is C16H23N3O2. The third-order valence-electron chi connectivity index (χ3n) is 4.01. The van der Waals surface area contributed by atoms with Crippen LogP contribution in [0.5, 0.6) is 11.5 Å². The Morgan fingerprint density at radius 1 is 1.14 bits per heavy atom. The van der Waals surface area contributed by atoms with Gasteiger partial charge in [-0.05, 0) is 30.9 Å². The molecule has 1 heterocycles. The Kier molecular flexibility index (Phi) is 4.48. The fourth-order valence-electron chi connectivity index (χ4n) is 2.85. The SMILES string of the molecule is NC(=NCC1CCCC1)Nc1ccc2c(c1)OCCCO2.